The monoisotopic (exact) mass is 637 g/mol. The van der Waals surface area contributed by atoms with Gasteiger partial charge in [-0.2, -0.15) is 13.9 Å². The summed E-state index contributed by atoms with van der Waals surface area (Å²) in [7, 11) is -7.10. The van der Waals surface area contributed by atoms with Gasteiger partial charge in [0.25, 0.3) is 0 Å². The van der Waals surface area contributed by atoms with E-state index in [0.717, 1.165) is 27.8 Å². The first kappa shape index (κ1) is 27.1. The van der Waals surface area contributed by atoms with Gasteiger partial charge in [-0.15, -0.1) is 0 Å². The van der Waals surface area contributed by atoms with Crippen molar-refractivity contribution < 1.29 is 16.8 Å². The van der Waals surface area contributed by atoms with Crippen LogP contribution in [-0.4, -0.2) is 61.6 Å². The molecule has 38 heavy (non-hydrogen) atoms. The highest BCUT2D eigenvalue weighted by Crippen LogP contribution is 2.31. The fourth-order valence-corrected chi connectivity index (χ4v) is 7.16. The van der Waals surface area contributed by atoms with E-state index in [4.69, 9.17) is 16.6 Å². The van der Waals surface area contributed by atoms with E-state index < -0.39 is 19.9 Å². The average molecular weight is 639 g/mol. The van der Waals surface area contributed by atoms with Gasteiger partial charge in [0, 0.05) is 42.5 Å². The molecule has 4 aromatic rings. The minimum Gasteiger partial charge on any atom is -0.370 e. The van der Waals surface area contributed by atoms with Crippen molar-refractivity contribution in [3.8, 4) is 11.3 Å². The summed E-state index contributed by atoms with van der Waals surface area (Å²) in [6.45, 7) is 1.40. The van der Waals surface area contributed by atoms with Crippen molar-refractivity contribution in [2.75, 3.05) is 31.2 Å². The molecule has 2 aromatic heterocycles. The average Bonchev–Trinajstić information content (AvgIpc) is 3.28. The standard InChI is InChI=1S/C25H25BrClN5O4S2/c1-37(33,34)18-6-8-19(9-7-18)38(35,36)31-12-10-17(11-13-31)15-28-24-14-23(20-4-2-3-5-22(20)27)30-25-21(26)16-29-32(24)25/h2-9,14,16-17,28H,10-13,15H2,1H3. The third kappa shape index (κ3) is 5.46. The number of sulfonamides is 1. The molecule has 0 bridgehead atoms. The van der Waals surface area contributed by atoms with Crippen LogP contribution in [0.2, 0.25) is 5.02 Å². The molecule has 2 aromatic carbocycles. The van der Waals surface area contributed by atoms with E-state index in [1.54, 1.807) is 10.7 Å². The fraction of sp³-hybridized carbons (Fsp3) is 0.280. The van der Waals surface area contributed by atoms with Crippen molar-refractivity contribution in [2.24, 2.45) is 5.92 Å². The van der Waals surface area contributed by atoms with Crippen LogP contribution in [0.25, 0.3) is 16.9 Å². The highest BCUT2D eigenvalue weighted by atomic mass is 79.9. The van der Waals surface area contributed by atoms with Gasteiger partial charge >= 0.3 is 0 Å². The summed E-state index contributed by atoms with van der Waals surface area (Å²) in [6, 6.07) is 14.8. The minimum absolute atomic E-state index is 0.0911. The number of benzene rings is 2. The molecule has 0 amide bonds. The van der Waals surface area contributed by atoms with Crippen LogP contribution in [0.1, 0.15) is 12.8 Å². The van der Waals surface area contributed by atoms with Crippen LogP contribution in [0, 0.1) is 5.92 Å². The Hall–Kier alpha value is -2.51. The molecular formula is C25H25BrClN5O4S2. The van der Waals surface area contributed by atoms with E-state index in [9.17, 15) is 16.8 Å². The van der Waals surface area contributed by atoms with Crippen LogP contribution in [0.3, 0.4) is 0 Å². The van der Waals surface area contributed by atoms with Crippen LogP contribution in [0.4, 0.5) is 5.82 Å². The molecule has 1 aliphatic heterocycles. The third-order valence-electron chi connectivity index (χ3n) is 6.61. The number of anilines is 1. The summed E-state index contributed by atoms with van der Waals surface area (Å²) in [5, 5.41) is 8.50. The number of nitrogens with one attached hydrogen (secondary N) is 1. The zero-order valence-corrected chi connectivity index (χ0v) is 24.4. The first-order chi connectivity index (χ1) is 18.0. The second kappa shape index (κ2) is 10.6. The van der Waals surface area contributed by atoms with Crippen molar-refractivity contribution in [3.05, 3.63) is 70.3 Å². The molecule has 1 N–H and O–H groups in total. The fourth-order valence-electron chi connectivity index (χ4n) is 4.48. The van der Waals surface area contributed by atoms with E-state index >= 15 is 0 Å². The lowest BCUT2D eigenvalue weighted by Gasteiger charge is -2.31. The summed E-state index contributed by atoms with van der Waals surface area (Å²) in [5.41, 5.74) is 2.19. The number of nitrogens with zero attached hydrogens (tertiary/aromatic N) is 4. The van der Waals surface area contributed by atoms with E-state index in [1.165, 1.54) is 28.6 Å². The smallest absolute Gasteiger partial charge is 0.243 e. The molecule has 0 spiro atoms. The highest BCUT2D eigenvalue weighted by Gasteiger charge is 2.29. The second-order valence-electron chi connectivity index (χ2n) is 9.21. The lowest BCUT2D eigenvalue weighted by molar-refractivity contribution is 0.282. The normalized spacial score (nSPS) is 15.7. The Morgan fingerprint density at radius 2 is 1.68 bits per heavy atom. The van der Waals surface area contributed by atoms with Crippen LogP contribution in [0.5, 0.6) is 0 Å². The Kier molecular flexibility index (Phi) is 7.53. The Bertz CT molecular complexity index is 1700. The molecule has 0 atom stereocenters. The molecule has 0 unspecified atom stereocenters. The summed E-state index contributed by atoms with van der Waals surface area (Å²) in [6.07, 6.45) is 4.15. The summed E-state index contributed by atoms with van der Waals surface area (Å²) in [4.78, 5) is 4.91. The molecule has 0 aliphatic carbocycles. The first-order valence-corrected chi connectivity index (χ1v) is 16.4. The van der Waals surface area contributed by atoms with Gasteiger partial charge < -0.3 is 5.32 Å². The SMILES string of the molecule is CS(=O)(=O)c1ccc(S(=O)(=O)N2CCC(CNc3cc(-c4ccccc4Cl)nc4c(Br)cnn34)CC2)cc1. The molecule has 200 valence electrons. The van der Waals surface area contributed by atoms with Crippen molar-refractivity contribution in [1.82, 2.24) is 18.9 Å². The minimum atomic E-state index is -3.70. The molecule has 0 radical (unpaired) electrons. The number of rotatable bonds is 7. The summed E-state index contributed by atoms with van der Waals surface area (Å²) in [5.74, 6) is 1.01. The van der Waals surface area contributed by atoms with Crippen molar-refractivity contribution in [2.45, 2.75) is 22.6 Å². The van der Waals surface area contributed by atoms with Gasteiger partial charge in [0.05, 0.1) is 26.2 Å². The molecule has 3 heterocycles. The Balaban J connectivity index is 1.28. The van der Waals surface area contributed by atoms with Gasteiger partial charge in [-0.05, 0) is 65.0 Å². The van der Waals surface area contributed by atoms with E-state index in [0.29, 0.717) is 43.1 Å². The predicted molar refractivity (Wildman–Crippen MR) is 151 cm³/mol. The maximum Gasteiger partial charge on any atom is 0.243 e. The summed E-state index contributed by atoms with van der Waals surface area (Å²) >= 11 is 9.94. The number of piperidine rings is 1. The number of hydrogen-bond acceptors (Lipinski definition) is 7. The molecule has 5 rings (SSSR count). The predicted octanol–water partition coefficient (Wildman–Crippen LogP) is 4.73. The Morgan fingerprint density at radius 3 is 2.34 bits per heavy atom. The van der Waals surface area contributed by atoms with Gasteiger partial charge in [-0.3, -0.25) is 0 Å². The van der Waals surface area contributed by atoms with Gasteiger partial charge in [0.2, 0.25) is 10.0 Å². The lowest BCUT2D eigenvalue weighted by atomic mass is 9.98. The van der Waals surface area contributed by atoms with Crippen LogP contribution in [0.15, 0.2) is 75.1 Å². The maximum absolute atomic E-state index is 13.1. The van der Waals surface area contributed by atoms with Crippen LogP contribution < -0.4 is 5.32 Å². The van der Waals surface area contributed by atoms with Crippen molar-refractivity contribution >= 4 is 58.9 Å². The lowest BCUT2D eigenvalue weighted by Crippen LogP contribution is -2.39. The van der Waals surface area contributed by atoms with E-state index in [-0.39, 0.29) is 15.7 Å². The molecular weight excluding hydrogens is 614 g/mol. The molecule has 1 fully saturated rings. The Labute approximate surface area is 234 Å². The zero-order chi connectivity index (χ0) is 27.1. The van der Waals surface area contributed by atoms with Crippen molar-refractivity contribution in [3.63, 3.8) is 0 Å². The molecule has 13 heteroatoms. The van der Waals surface area contributed by atoms with Gasteiger partial charge in [-0.25, -0.2) is 21.8 Å². The highest BCUT2D eigenvalue weighted by molar-refractivity contribution is 9.10. The van der Waals surface area contributed by atoms with Gasteiger partial charge in [0.1, 0.15) is 5.82 Å². The quantitative estimate of drug-likeness (QED) is 0.311. The Morgan fingerprint density at radius 1 is 1.03 bits per heavy atom. The molecule has 1 saturated heterocycles. The molecule has 1 aliphatic rings. The number of sulfone groups is 1. The largest absolute Gasteiger partial charge is 0.370 e. The number of halogens is 2. The van der Waals surface area contributed by atoms with E-state index in [2.05, 4.69) is 26.3 Å². The third-order valence-corrected chi connectivity index (χ3v) is 10.5. The van der Waals surface area contributed by atoms with Gasteiger partial charge in [0.15, 0.2) is 15.5 Å². The molecule has 0 saturated carbocycles. The topological polar surface area (TPSA) is 114 Å². The maximum atomic E-state index is 13.1. The number of fused-ring (bicyclic) bond motifs is 1. The number of hydrogen-bond donors (Lipinski definition) is 1. The van der Waals surface area contributed by atoms with Gasteiger partial charge in [-0.1, -0.05) is 29.8 Å². The van der Waals surface area contributed by atoms with Crippen LogP contribution in [-0.2, 0) is 19.9 Å². The summed E-state index contributed by atoms with van der Waals surface area (Å²) < 4.78 is 53.6. The molecule has 9 nitrogen and oxygen atoms in total. The zero-order valence-electron chi connectivity index (χ0n) is 20.4. The van der Waals surface area contributed by atoms with E-state index in [1.807, 2.05) is 30.3 Å². The second-order valence-corrected chi connectivity index (χ2v) is 14.4. The van der Waals surface area contributed by atoms with Crippen LogP contribution >= 0.6 is 27.5 Å². The first-order valence-electron chi connectivity index (χ1n) is 11.9. The van der Waals surface area contributed by atoms with Crippen molar-refractivity contribution in [1.29, 1.82) is 0 Å². The number of aromatic nitrogens is 3.